The summed E-state index contributed by atoms with van der Waals surface area (Å²) >= 11 is 6.61. The van der Waals surface area contributed by atoms with E-state index in [1.165, 1.54) is 68.4 Å². The highest BCUT2D eigenvalue weighted by molar-refractivity contribution is 6.33. The molecule has 0 bridgehead atoms. The Bertz CT molecular complexity index is 1460. The smallest absolute Gasteiger partial charge is 0.227 e. The number of rotatable bonds is 6. The first-order valence-corrected chi connectivity index (χ1v) is 14.5. The largest absolute Gasteiger partial charge is 0.371 e. The van der Waals surface area contributed by atoms with E-state index >= 15 is 0 Å². The minimum absolute atomic E-state index is 0.547. The van der Waals surface area contributed by atoms with Gasteiger partial charge in [-0.15, -0.1) is 0 Å². The average molecular weight is 527 g/mol. The molecule has 38 heavy (non-hydrogen) atoms. The molecule has 196 valence electrons. The Morgan fingerprint density at radius 1 is 0.974 bits per heavy atom. The zero-order valence-corrected chi connectivity index (χ0v) is 22.8. The number of piperidine rings is 1. The molecule has 0 spiro atoms. The Labute approximate surface area is 229 Å². The molecule has 2 aliphatic heterocycles. The first-order chi connectivity index (χ1) is 18.6. The number of likely N-dealkylation sites (tertiary alicyclic amines) is 1. The number of fused-ring (bicyclic) bond motifs is 1. The van der Waals surface area contributed by atoms with Crippen molar-refractivity contribution in [3.05, 3.63) is 64.9 Å². The number of halogens is 1. The highest BCUT2D eigenvalue weighted by atomic mass is 35.5. The van der Waals surface area contributed by atoms with E-state index in [4.69, 9.17) is 16.6 Å². The van der Waals surface area contributed by atoms with Crippen molar-refractivity contribution >= 4 is 39.8 Å². The van der Waals surface area contributed by atoms with Gasteiger partial charge in [0.25, 0.3) is 0 Å². The van der Waals surface area contributed by atoms with Crippen molar-refractivity contribution in [2.75, 3.05) is 36.4 Å². The van der Waals surface area contributed by atoms with Gasteiger partial charge < -0.3 is 20.1 Å². The number of hydrogen-bond donors (Lipinski definition) is 2. The SMILES string of the molecule is Cc1ccc2c(-c3nc(Nc4cc(C5CC5)cc(N5CCC(N6CCCC6)CC5)c4)ncc3Cl)c[nH]c2c1. The molecular formula is C31H35ClN6. The summed E-state index contributed by atoms with van der Waals surface area (Å²) < 4.78 is 0. The fourth-order valence-corrected chi connectivity index (χ4v) is 6.51. The standard InChI is InChI=1S/C31H35ClN6/c1-20-4-7-26-27(18-33-29(26)14-20)30-28(32)19-34-31(36-30)35-23-15-22(21-5-6-21)16-25(17-23)38-12-8-24(9-13-38)37-10-2-3-11-37/h4,7,14-19,21,24,33H,2-3,5-6,8-13H2,1H3,(H,34,35,36). The van der Waals surface area contributed by atoms with Gasteiger partial charge in [-0.25, -0.2) is 9.97 Å². The molecule has 4 heterocycles. The lowest BCUT2D eigenvalue weighted by atomic mass is 10.0. The molecule has 2 aromatic heterocycles. The number of nitrogens with one attached hydrogen (secondary N) is 2. The number of H-pyrrole nitrogens is 1. The van der Waals surface area contributed by atoms with Crippen LogP contribution in [0.5, 0.6) is 0 Å². The fourth-order valence-electron chi connectivity index (χ4n) is 6.32. The molecule has 2 N–H and O–H groups in total. The summed E-state index contributed by atoms with van der Waals surface area (Å²) in [4.78, 5) is 18.1. The highest BCUT2D eigenvalue weighted by Gasteiger charge is 2.28. The van der Waals surface area contributed by atoms with Gasteiger partial charge in [-0.1, -0.05) is 23.7 Å². The molecule has 4 aromatic rings. The molecular weight excluding hydrogens is 492 g/mol. The van der Waals surface area contributed by atoms with Crippen LogP contribution in [0.2, 0.25) is 5.02 Å². The van der Waals surface area contributed by atoms with Crippen molar-refractivity contribution in [1.82, 2.24) is 19.9 Å². The second kappa shape index (κ2) is 9.90. The Morgan fingerprint density at radius 2 is 1.79 bits per heavy atom. The Hall–Kier alpha value is -3.09. The van der Waals surface area contributed by atoms with Gasteiger partial charge in [-0.2, -0.15) is 0 Å². The molecule has 3 aliphatic rings. The molecule has 0 atom stereocenters. The summed E-state index contributed by atoms with van der Waals surface area (Å²) in [6.07, 6.45) is 11.5. The molecule has 1 aliphatic carbocycles. The van der Waals surface area contributed by atoms with E-state index in [2.05, 4.69) is 68.4 Å². The molecule has 7 rings (SSSR count). The van der Waals surface area contributed by atoms with Gasteiger partial charge in [0.1, 0.15) is 0 Å². The van der Waals surface area contributed by atoms with Crippen LogP contribution in [0.25, 0.3) is 22.2 Å². The van der Waals surface area contributed by atoms with E-state index in [-0.39, 0.29) is 0 Å². The number of nitrogens with zero attached hydrogens (tertiary/aromatic N) is 4. The predicted octanol–water partition coefficient (Wildman–Crippen LogP) is 7.27. The minimum Gasteiger partial charge on any atom is -0.371 e. The summed E-state index contributed by atoms with van der Waals surface area (Å²) in [6, 6.07) is 14.1. The third-order valence-corrected chi connectivity index (χ3v) is 8.84. The lowest BCUT2D eigenvalue weighted by molar-refractivity contribution is 0.208. The van der Waals surface area contributed by atoms with Gasteiger partial charge >= 0.3 is 0 Å². The molecule has 2 aromatic carbocycles. The maximum absolute atomic E-state index is 6.61. The average Bonchev–Trinajstić information content (AvgIpc) is 3.48. The van der Waals surface area contributed by atoms with E-state index in [9.17, 15) is 0 Å². The zero-order chi connectivity index (χ0) is 25.6. The van der Waals surface area contributed by atoms with Gasteiger partial charge in [0.2, 0.25) is 5.95 Å². The Morgan fingerprint density at radius 3 is 2.58 bits per heavy atom. The number of aromatic amines is 1. The van der Waals surface area contributed by atoms with Crippen LogP contribution in [-0.4, -0.2) is 52.1 Å². The van der Waals surface area contributed by atoms with Crippen LogP contribution >= 0.6 is 11.6 Å². The lowest BCUT2D eigenvalue weighted by Gasteiger charge is -2.38. The van der Waals surface area contributed by atoms with Crippen molar-refractivity contribution in [1.29, 1.82) is 0 Å². The molecule has 6 nitrogen and oxygen atoms in total. The molecule has 0 radical (unpaired) electrons. The number of anilines is 3. The van der Waals surface area contributed by atoms with Crippen molar-refractivity contribution < 1.29 is 0 Å². The van der Waals surface area contributed by atoms with Crippen LogP contribution in [0.15, 0.2) is 48.8 Å². The van der Waals surface area contributed by atoms with Crippen molar-refractivity contribution in [3.63, 3.8) is 0 Å². The maximum atomic E-state index is 6.61. The zero-order valence-electron chi connectivity index (χ0n) is 22.0. The quantitative estimate of drug-likeness (QED) is 0.276. The Kier molecular flexibility index (Phi) is 6.25. The Balaban J connectivity index is 1.15. The van der Waals surface area contributed by atoms with Gasteiger partial charge in [0, 0.05) is 53.2 Å². The van der Waals surface area contributed by atoms with Crippen LogP contribution in [0.4, 0.5) is 17.3 Å². The first kappa shape index (κ1) is 24.0. The molecule has 7 heteroatoms. The van der Waals surface area contributed by atoms with Crippen LogP contribution in [0.3, 0.4) is 0 Å². The molecule has 0 unspecified atom stereocenters. The van der Waals surface area contributed by atoms with Gasteiger partial charge in [0.05, 0.1) is 16.9 Å². The second-order valence-corrected chi connectivity index (χ2v) is 11.7. The third-order valence-electron chi connectivity index (χ3n) is 8.57. The van der Waals surface area contributed by atoms with E-state index < -0.39 is 0 Å². The van der Waals surface area contributed by atoms with Gasteiger partial charge in [0.15, 0.2) is 0 Å². The lowest BCUT2D eigenvalue weighted by Crippen LogP contribution is -2.43. The van der Waals surface area contributed by atoms with Crippen LogP contribution in [0.1, 0.15) is 55.6 Å². The first-order valence-electron chi connectivity index (χ1n) is 14.1. The van der Waals surface area contributed by atoms with Crippen molar-refractivity contribution in [3.8, 4) is 11.3 Å². The van der Waals surface area contributed by atoms with Gasteiger partial charge in [-0.3, -0.25) is 0 Å². The summed E-state index contributed by atoms with van der Waals surface area (Å²) in [5, 5.41) is 5.18. The number of benzene rings is 2. The topological polar surface area (TPSA) is 60.1 Å². The summed E-state index contributed by atoms with van der Waals surface area (Å²) in [5.41, 5.74) is 7.82. The summed E-state index contributed by atoms with van der Waals surface area (Å²) in [7, 11) is 0. The number of aryl methyl sites for hydroxylation is 1. The van der Waals surface area contributed by atoms with Crippen molar-refractivity contribution in [2.24, 2.45) is 0 Å². The van der Waals surface area contributed by atoms with Crippen LogP contribution < -0.4 is 10.2 Å². The molecule has 1 saturated carbocycles. The summed E-state index contributed by atoms with van der Waals surface area (Å²) in [5.74, 6) is 1.24. The van der Waals surface area contributed by atoms with Gasteiger partial charge in [-0.05, 0) is 99.8 Å². The normalized spacial score (nSPS) is 18.9. The summed E-state index contributed by atoms with van der Waals surface area (Å²) in [6.45, 7) is 6.92. The fraction of sp³-hybridized carbons (Fsp3) is 0.419. The number of hydrogen-bond acceptors (Lipinski definition) is 5. The maximum Gasteiger partial charge on any atom is 0.227 e. The molecule has 3 fully saturated rings. The predicted molar refractivity (Wildman–Crippen MR) is 157 cm³/mol. The number of aromatic nitrogens is 3. The van der Waals surface area contributed by atoms with Crippen LogP contribution in [0, 0.1) is 6.92 Å². The minimum atomic E-state index is 0.547. The molecule has 2 saturated heterocycles. The second-order valence-electron chi connectivity index (χ2n) is 11.3. The van der Waals surface area contributed by atoms with E-state index in [0.717, 1.165) is 47.0 Å². The van der Waals surface area contributed by atoms with E-state index in [1.807, 2.05) is 6.20 Å². The van der Waals surface area contributed by atoms with E-state index in [0.29, 0.717) is 16.9 Å². The third kappa shape index (κ3) is 4.76. The van der Waals surface area contributed by atoms with Crippen LogP contribution in [-0.2, 0) is 0 Å². The molecule has 0 amide bonds. The van der Waals surface area contributed by atoms with Crippen molar-refractivity contribution in [2.45, 2.75) is 57.4 Å². The monoisotopic (exact) mass is 526 g/mol. The highest BCUT2D eigenvalue weighted by Crippen LogP contribution is 2.43. The van der Waals surface area contributed by atoms with E-state index in [1.54, 1.807) is 6.20 Å².